The number of nitrogens with zero attached hydrogens (tertiary/aromatic N) is 2. The zero-order valence-electron chi connectivity index (χ0n) is 17.9. The van der Waals surface area contributed by atoms with Crippen LogP contribution in [-0.2, 0) is 13.9 Å². The van der Waals surface area contributed by atoms with Gasteiger partial charge in [-0.1, -0.05) is 19.4 Å². The van der Waals surface area contributed by atoms with E-state index >= 15 is 0 Å². The van der Waals surface area contributed by atoms with Crippen LogP contribution in [0.1, 0.15) is 65.2 Å². The van der Waals surface area contributed by atoms with E-state index in [1.165, 1.54) is 31.3 Å². The second kappa shape index (κ2) is 6.28. The van der Waals surface area contributed by atoms with Crippen LogP contribution in [0.2, 0.25) is 0 Å². The largest absolute Gasteiger partial charge is 0.346 e. The fourth-order valence-electron chi connectivity index (χ4n) is 7.76. The van der Waals surface area contributed by atoms with Gasteiger partial charge in [0.05, 0.1) is 6.10 Å². The van der Waals surface area contributed by atoms with Gasteiger partial charge in [0.15, 0.2) is 5.78 Å². The molecule has 5 fully saturated rings. The van der Waals surface area contributed by atoms with Crippen LogP contribution in [0.15, 0.2) is 11.6 Å². The molecule has 0 aromatic heterocycles. The summed E-state index contributed by atoms with van der Waals surface area (Å²) in [6.07, 6.45) is 10.9. The van der Waals surface area contributed by atoms with Gasteiger partial charge < -0.3 is 4.52 Å². The third kappa shape index (κ3) is 2.76. The van der Waals surface area contributed by atoms with E-state index in [4.69, 9.17) is 4.52 Å². The zero-order valence-corrected chi connectivity index (χ0v) is 18.8. The Kier molecular flexibility index (Phi) is 4.16. The van der Waals surface area contributed by atoms with Crippen LogP contribution in [0.4, 0.5) is 0 Å². The van der Waals surface area contributed by atoms with Gasteiger partial charge in [0.2, 0.25) is 0 Å². The minimum atomic E-state index is -2.76. The third-order valence-corrected chi connectivity index (χ3v) is 12.5. The highest BCUT2D eigenvalue weighted by molar-refractivity contribution is 7.54. The van der Waals surface area contributed by atoms with Gasteiger partial charge in [-0.05, 0) is 79.6 Å². The topological polar surface area (TPSA) is 49.4 Å². The zero-order chi connectivity index (χ0) is 20.0. The Hall–Kier alpha value is -0.480. The second-order valence-corrected chi connectivity index (χ2v) is 13.4. The molecule has 0 aromatic carbocycles. The van der Waals surface area contributed by atoms with E-state index in [0.29, 0.717) is 17.6 Å². The van der Waals surface area contributed by atoms with Crippen molar-refractivity contribution < 1.29 is 13.9 Å². The van der Waals surface area contributed by atoms with Gasteiger partial charge >= 0.3 is 7.67 Å². The van der Waals surface area contributed by atoms with Gasteiger partial charge in [-0.2, -0.15) is 0 Å². The molecule has 0 N–H and O–H groups in total. The second-order valence-electron chi connectivity index (χ2n) is 11.1. The van der Waals surface area contributed by atoms with E-state index in [2.05, 4.69) is 23.2 Å². The summed E-state index contributed by atoms with van der Waals surface area (Å²) in [7, 11) is -2.76. The normalized spacial score (nSPS) is 47.2. The van der Waals surface area contributed by atoms with E-state index in [-0.39, 0.29) is 16.9 Å². The van der Waals surface area contributed by atoms with Gasteiger partial charge in [-0.25, -0.2) is 9.34 Å². The first-order chi connectivity index (χ1) is 13.8. The van der Waals surface area contributed by atoms with Gasteiger partial charge in [0, 0.05) is 32.6 Å². The number of fused-ring (bicyclic) bond motifs is 5. The van der Waals surface area contributed by atoms with Crippen LogP contribution >= 0.6 is 7.67 Å². The van der Waals surface area contributed by atoms with Crippen molar-refractivity contribution >= 4 is 13.5 Å². The number of carbonyl (C=O) groups excluding carboxylic acids is 1. The summed E-state index contributed by atoms with van der Waals surface area (Å²) in [6.45, 7) is 8.60. The summed E-state index contributed by atoms with van der Waals surface area (Å²) in [6, 6.07) is 0. The van der Waals surface area contributed by atoms with Crippen LogP contribution in [0.25, 0.3) is 0 Å². The Bertz CT molecular complexity index is 803. The van der Waals surface area contributed by atoms with Crippen molar-refractivity contribution in [3.63, 3.8) is 0 Å². The molecule has 6 heteroatoms. The van der Waals surface area contributed by atoms with Crippen molar-refractivity contribution in [1.29, 1.82) is 0 Å². The molecular formula is C23H35N2O3P. The molecule has 0 bridgehead atoms. The molecule has 6 rings (SSSR count). The van der Waals surface area contributed by atoms with E-state index in [1.54, 1.807) is 0 Å². The molecule has 2 aliphatic heterocycles. The van der Waals surface area contributed by atoms with E-state index in [0.717, 1.165) is 57.8 Å². The Balaban J connectivity index is 1.26. The van der Waals surface area contributed by atoms with Gasteiger partial charge in [0.25, 0.3) is 0 Å². The van der Waals surface area contributed by atoms with E-state index in [1.807, 2.05) is 6.08 Å². The molecule has 160 valence electrons. The maximum absolute atomic E-state index is 13.7. The average Bonchev–Trinajstić information content (AvgIpc) is 3.59. The Labute approximate surface area is 174 Å². The number of hydrogen-bond donors (Lipinski definition) is 0. The molecule has 4 aliphatic carbocycles. The highest BCUT2D eigenvalue weighted by Gasteiger charge is 2.61. The summed E-state index contributed by atoms with van der Waals surface area (Å²) in [5, 5.41) is 0. The molecule has 0 spiro atoms. The van der Waals surface area contributed by atoms with Crippen molar-refractivity contribution in [3.05, 3.63) is 11.6 Å². The summed E-state index contributed by atoms with van der Waals surface area (Å²) in [4.78, 5) is 12.0. The Morgan fingerprint density at radius 2 is 1.69 bits per heavy atom. The van der Waals surface area contributed by atoms with Crippen LogP contribution in [-0.4, -0.2) is 47.4 Å². The first kappa shape index (κ1) is 19.2. The lowest BCUT2D eigenvalue weighted by Crippen LogP contribution is -2.51. The quantitative estimate of drug-likeness (QED) is 0.492. The van der Waals surface area contributed by atoms with E-state index in [9.17, 15) is 9.36 Å². The summed E-state index contributed by atoms with van der Waals surface area (Å²) < 4.78 is 24.4. The monoisotopic (exact) mass is 418 g/mol. The minimum absolute atomic E-state index is 0.137. The lowest BCUT2D eigenvalue weighted by atomic mass is 9.47. The van der Waals surface area contributed by atoms with Crippen LogP contribution in [0, 0.1) is 28.6 Å². The number of hydrogen-bond acceptors (Lipinski definition) is 3. The molecule has 0 radical (unpaired) electrons. The fourth-order valence-corrected chi connectivity index (χ4v) is 10.2. The van der Waals surface area contributed by atoms with E-state index < -0.39 is 7.67 Å². The molecule has 5 nitrogen and oxygen atoms in total. The smallest absolute Gasteiger partial charge is 0.302 e. The Morgan fingerprint density at radius 3 is 2.38 bits per heavy atom. The number of allylic oxidation sites excluding steroid dienone is 1. The molecule has 2 heterocycles. The highest BCUT2D eigenvalue weighted by atomic mass is 31.2. The molecule has 6 atom stereocenters. The highest BCUT2D eigenvalue weighted by Crippen LogP contribution is 2.69. The summed E-state index contributed by atoms with van der Waals surface area (Å²) in [5.74, 6) is 2.46. The van der Waals surface area contributed by atoms with Crippen LogP contribution in [0.3, 0.4) is 0 Å². The first-order valence-corrected chi connectivity index (χ1v) is 13.4. The van der Waals surface area contributed by atoms with Crippen molar-refractivity contribution in [3.8, 4) is 0 Å². The maximum Gasteiger partial charge on any atom is 0.346 e. The van der Waals surface area contributed by atoms with Gasteiger partial charge in [0.1, 0.15) is 0 Å². The predicted molar refractivity (Wildman–Crippen MR) is 112 cm³/mol. The van der Waals surface area contributed by atoms with Gasteiger partial charge in [-0.3, -0.25) is 9.36 Å². The fraction of sp³-hybridized carbons (Fsp3) is 0.870. The molecule has 0 aromatic rings. The lowest BCUT2D eigenvalue weighted by Gasteiger charge is -2.58. The number of ketones is 1. The first-order valence-electron chi connectivity index (χ1n) is 11.9. The van der Waals surface area contributed by atoms with Crippen LogP contribution < -0.4 is 0 Å². The van der Waals surface area contributed by atoms with Gasteiger partial charge in [-0.15, -0.1) is 0 Å². The molecule has 3 saturated carbocycles. The van der Waals surface area contributed by atoms with Crippen molar-refractivity contribution in [2.24, 2.45) is 28.6 Å². The number of rotatable bonds is 4. The predicted octanol–water partition coefficient (Wildman–Crippen LogP) is 4.64. The molecule has 29 heavy (non-hydrogen) atoms. The van der Waals surface area contributed by atoms with Crippen LogP contribution in [0.5, 0.6) is 0 Å². The molecule has 2 saturated heterocycles. The lowest BCUT2D eigenvalue weighted by molar-refractivity contribution is -0.117. The SMILES string of the molecule is C[C@]12CC[C@@H]3[C@H](CCC4=CC(=O)CC[C@@]43C)[C@H]1CC[C@H]2OP(=O)(N1CC1)N1CC1. The minimum Gasteiger partial charge on any atom is -0.302 e. The summed E-state index contributed by atoms with van der Waals surface area (Å²) >= 11 is 0. The Morgan fingerprint density at radius 1 is 0.966 bits per heavy atom. The van der Waals surface area contributed by atoms with Crippen molar-refractivity contribution in [2.45, 2.75) is 71.3 Å². The molecule has 6 aliphatic rings. The average molecular weight is 419 g/mol. The third-order valence-electron chi connectivity index (χ3n) is 9.70. The standard InChI is InChI=1S/C23H35N2O3P/c1-22-9-7-17(26)15-16(22)3-4-18-19-5-6-21(23(19,2)10-8-20(18)22)28-29(27,24-11-12-24)25-13-14-25/h15,18-21H,3-14H2,1-2H3/t18-,19-,20-,21-,22+,23+/m1/s1. The molecule has 0 amide bonds. The maximum atomic E-state index is 13.7. The number of carbonyl (C=O) groups is 1. The van der Waals surface area contributed by atoms with Crippen molar-refractivity contribution in [2.75, 3.05) is 26.2 Å². The molecular weight excluding hydrogens is 383 g/mol. The van der Waals surface area contributed by atoms with Crippen molar-refractivity contribution in [1.82, 2.24) is 9.34 Å². The summed E-state index contributed by atoms with van der Waals surface area (Å²) in [5.41, 5.74) is 1.83. The molecule has 0 unspecified atom stereocenters.